The van der Waals surface area contributed by atoms with Crippen LogP contribution in [-0.2, 0) is 14.3 Å². The highest BCUT2D eigenvalue weighted by Crippen LogP contribution is 2.33. The molecule has 8 nitrogen and oxygen atoms in total. The molecule has 8 heteroatoms. The van der Waals surface area contributed by atoms with Crippen LogP contribution in [0.4, 0.5) is 0 Å². The summed E-state index contributed by atoms with van der Waals surface area (Å²) in [5, 5.41) is 14.7. The third-order valence-electron chi connectivity index (χ3n) is 6.67. The maximum atomic E-state index is 13.7. The second-order valence-electron chi connectivity index (χ2n) is 10.00. The van der Waals surface area contributed by atoms with Crippen molar-refractivity contribution < 1.29 is 19.1 Å². The first-order valence-electron chi connectivity index (χ1n) is 13.6. The number of amides is 2. The molecule has 0 radical (unpaired) electrons. The van der Waals surface area contributed by atoms with Gasteiger partial charge in [0.2, 0.25) is 0 Å². The van der Waals surface area contributed by atoms with E-state index in [0.717, 1.165) is 27.5 Å². The standard InChI is InChI=1S/C33H34N4O4/c1-6-16-41-30-14-13-25(18-23(30)4)31-26(21-37(35-31)27-11-8-7-9-12-27)19-28-24(5)29(20-34)33(39)36(32(28)38)15-10-17-40-22(2)3/h6-9,11-14,18-19,21-22H,1,10,15-17H2,2-5H3/b28-19+. The van der Waals surface area contributed by atoms with Gasteiger partial charge in [0, 0.05) is 36.0 Å². The van der Waals surface area contributed by atoms with E-state index in [-0.39, 0.29) is 23.8 Å². The van der Waals surface area contributed by atoms with Crippen LogP contribution in [0.15, 0.2) is 84.1 Å². The van der Waals surface area contributed by atoms with Gasteiger partial charge in [0.25, 0.3) is 11.8 Å². The number of aromatic nitrogens is 2. The van der Waals surface area contributed by atoms with Crippen LogP contribution in [0, 0.1) is 18.3 Å². The number of rotatable bonds is 11. The Balaban J connectivity index is 1.80. The summed E-state index contributed by atoms with van der Waals surface area (Å²) in [5.41, 5.74) is 4.51. The fourth-order valence-corrected chi connectivity index (χ4v) is 4.57. The van der Waals surface area contributed by atoms with E-state index >= 15 is 0 Å². The largest absolute Gasteiger partial charge is 0.489 e. The van der Waals surface area contributed by atoms with Gasteiger partial charge in [-0.25, -0.2) is 4.68 Å². The van der Waals surface area contributed by atoms with Crippen molar-refractivity contribution in [1.29, 1.82) is 5.26 Å². The predicted molar refractivity (Wildman–Crippen MR) is 158 cm³/mol. The Kier molecular flexibility index (Phi) is 9.33. The van der Waals surface area contributed by atoms with E-state index in [4.69, 9.17) is 14.6 Å². The Hall–Kier alpha value is -4.74. The van der Waals surface area contributed by atoms with Crippen molar-refractivity contribution in [3.05, 3.63) is 95.2 Å². The fourth-order valence-electron chi connectivity index (χ4n) is 4.57. The number of hydrogen-bond donors (Lipinski definition) is 0. The number of nitrogens with zero attached hydrogens (tertiary/aromatic N) is 4. The minimum absolute atomic E-state index is 0.0425. The SMILES string of the molecule is C=CCOc1ccc(-c2nn(-c3ccccc3)cc2/C=C2/C(=O)N(CCCOC(C)C)C(=O)C(C#N)=C2C)cc1C. The number of carbonyl (C=O) groups excluding carboxylic acids is 2. The van der Waals surface area contributed by atoms with Crippen molar-refractivity contribution in [1.82, 2.24) is 14.7 Å². The molecule has 0 atom stereocenters. The summed E-state index contributed by atoms with van der Waals surface area (Å²) >= 11 is 0. The number of benzene rings is 2. The third kappa shape index (κ3) is 6.53. The minimum Gasteiger partial charge on any atom is -0.489 e. The molecule has 0 aliphatic carbocycles. The number of carbonyl (C=O) groups is 2. The molecule has 0 fully saturated rings. The van der Waals surface area contributed by atoms with Gasteiger partial charge in [0.15, 0.2) is 0 Å². The van der Waals surface area contributed by atoms with Gasteiger partial charge < -0.3 is 9.47 Å². The van der Waals surface area contributed by atoms with Crippen molar-refractivity contribution >= 4 is 17.9 Å². The van der Waals surface area contributed by atoms with Crippen molar-refractivity contribution in [2.24, 2.45) is 0 Å². The van der Waals surface area contributed by atoms with E-state index in [2.05, 4.69) is 6.58 Å². The van der Waals surface area contributed by atoms with Crippen molar-refractivity contribution in [2.75, 3.05) is 19.8 Å². The maximum Gasteiger partial charge on any atom is 0.271 e. The van der Waals surface area contributed by atoms with Crippen LogP contribution in [-0.4, -0.2) is 52.4 Å². The van der Waals surface area contributed by atoms with Crippen LogP contribution in [0.3, 0.4) is 0 Å². The zero-order valence-electron chi connectivity index (χ0n) is 23.9. The van der Waals surface area contributed by atoms with Gasteiger partial charge in [-0.15, -0.1) is 0 Å². The molecular formula is C33H34N4O4. The molecule has 0 unspecified atom stereocenters. The second kappa shape index (κ2) is 13.1. The van der Waals surface area contributed by atoms with Crippen LogP contribution < -0.4 is 4.74 Å². The number of ether oxygens (including phenoxy) is 2. The van der Waals surface area contributed by atoms with Crippen LogP contribution in [0.5, 0.6) is 5.75 Å². The maximum absolute atomic E-state index is 13.7. The summed E-state index contributed by atoms with van der Waals surface area (Å²) in [6.45, 7) is 12.1. The van der Waals surface area contributed by atoms with Gasteiger partial charge in [-0.1, -0.05) is 30.9 Å². The number of imide groups is 1. The van der Waals surface area contributed by atoms with Crippen LogP contribution in [0.25, 0.3) is 23.0 Å². The average molecular weight is 551 g/mol. The number of para-hydroxylation sites is 1. The molecule has 2 amide bonds. The molecule has 1 aliphatic rings. The molecule has 1 aliphatic heterocycles. The monoisotopic (exact) mass is 550 g/mol. The summed E-state index contributed by atoms with van der Waals surface area (Å²) in [4.78, 5) is 27.8. The molecule has 4 rings (SSSR count). The molecule has 2 heterocycles. The molecule has 0 saturated heterocycles. The first-order chi connectivity index (χ1) is 19.7. The van der Waals surface area contributed by atoms with Gasteiger partial charge in [0.05, 0.1) is 17.5 Å². The van der Waals surface area contributed by atoms with Gasteiger partial charge in [0.1, 0.15) is 24.0 Å². The molecule has 1 aromatic heterocycles. The molecule has 2 aromatic carbocycles. The zero-order chi connectivity index (χ0) is 29.5. The van der Waals surface area contributed by atoms with Gasteiger partial charge >= 0.3 is 0 Å². The van der Waals surface area contributed by atoms with E-state index in [1.165, 1.54) is 0 Å². The number of hydrogen-bond acceptors (Lipinski definition) is 6. The first kappa shape index (κ1) is 29.2. The zero-order valence-corrected chi connectivity index (χ0v) is 23.9. The molecular weight excluding hydrogens is 516 g/mol. The summed E-state index contributed by atoms with van der Waals surface area (Å²) in [6.07, 6.45) is 5.77. The molecule has 0 bridgehead atoms. The van der Waals surface area contributed by atoms with Gasteiger partial charge in [-0.2, -0.15) is 10.4 Å². The Morgan fingerprint density at radius 1 is 1.10 bits per heavy atom. The van der Waals surface area contributed by atoms with Crippen molar-refractivity contribution in [2.45, 2.75) is 40.2 Å². The molecule has 3 aromatic rings. The fraction of sp³-hybridized carbons (Fsp3) is 0.273. The van der Waals surface area contributed by atoms with E-state index in [1.54, 1.807) is 23.8 Å². The lowest BCUT2D eigenvalue weighted by atomic mass is 9.93. The Bertz CT molecular complexity index is 1560. The highest BCUT2D eigenvalue weighted by atomic mass is 16.5. The van der Waals surface area contributed by atoms with Gasteiger partial charge in [-0.05, 0) is 81.7 Å². The summed E-state index contributed by atoms with van der Waals surface area (Å²) < 4.78 is 13.1. The molecule has 210 valence electrons. The van der Waals surface area contributed by atoms with Crippen LogP contribution in [0.2, 0.25) is 0 Å². The Labute approximate surface area is 240 Å². The van der Waals surface area contributed by atoms with Crippen molar-refractivity contribution in [3.63, 3.8) is 0 Å². The molecule has 41 heavy (non-hydrogen) atoms. The summed E-state index contributed by atoms with van der Waals surface area (Å²) in [6, 6.07) is 17.5. The topological polar surface area (TPSA) is 97.4 Å². The highest BCUT2D eigenvalue weighted by molar-refractivity contribution is 6.19. The van der Waals surface area contributed by atoms with Crippen LogP contribution >= 0.6 is 0 Å². The quantitative estimate of drug-likeness (QED) is 0.129. The minimum atomic E-state index is -0.581. The Morgan fingerprint density at radius 3 is 2.51 bits per heavy atom. The number of nitriles is 1. The van der Waals surface area contributed by atoms with Crippen molar-refractivity contribution in [3.8, 4) is 28.8 Å². The lowest BCUT2D eigenvalue weighted by Crippen LogP contribution is -2.43. The lowest BCUT2D eigenvalue weighted by Gasteiger charge is -2.27. The predicted octanol–water partition coefficient (Wildman–Crippen LogP) is 5.82. The third-order valence-corrected chi connectivity index (χ3v) is 6.67. The normalized spacial score (nSPS) is 14.6. The van der Waals surface area contributed by atoms with E-state index in [1.807, 2.05) is 81.6 Å². The van der Waals surface area contributed by atoms with E-state index in [0.29, 0.717) is 36.5 Å². The van der Waals surface area contributed by atoms with Crippen LogP contribution in [0.1, 0.15) is 38.3 Å². The number of aryl methyl sites for hydroxylation is 1. The molecule has 0 spiro atoms. The Morgan fingerprint density at radius 2 is 1.85 bits per heavy atom. The summed E-state index contributed by atoms with van der Waals surface area (Å²) in [7, 11) is 0. The van der Waals surface area contributed by atoms with Gasteiger partial charge in [-0.3, -0.25) is 14.5 Å². The average Bonchev–Trinajstić information content (AvgIpc) is 3.39. The lowest BCUT2D eigenvalue weighted by molar-refractivity contribution is -0.140. The van der Waals surface area contributed by atoms with E-state index in [9.17, 15) is 14.9 Å². The van der Waals surface area contributed by atoms with E-state index < -0.39 is 11.8 Å². The second-order valence-corrected chi connectivity index (χ2v) is 10.00. The molecule has 0 saturated carbocycles. The smallest absolute Gasteiger partial charge is 0.271 e. The molecule has 0 N–H and O–H groups in total. The summed E-state index contributed by atoms with van der Waals surface area (Å²) in [5.74, 6) is -0.284. The first-order valence-corrected chi connectivity index (χ1v) is 13.6. The highest BCUT2D eigenvalue weighted by Gasteiger charge is 2.35.